The number of rotatable bonds is 7. The van der Waals surface area contributed by atoms with Crippen molar-refractivity contribution in [1.29, 1.82) is 0 Å². The predicted molar refractivity (Wildman–Crippen MR) is 75.6 cm³/mol. The second-order valence-corrected chi connectivity index (χ2v) is 6.12. The van der Waals surface area contributed by atoms with Gasteiger partial charge in [-0.3, -0.25) is 9.52 Å². The number of carboxylic acids is 1. The first-order chi connectivity index (χ1) is 9.98. The largest absolute Gasteiger partial charge is 0.481 e. The molecule has 0 atom stereocenters. The van der Waals surface area contributed by atoms with E-state index < -0.39 is 16.0 Å². The normalized spacial score (nSPS) is 11.2. The number of nitrogens with one attached hydrogen (secondary N) is 1. The van der Waals surface area contributed by atoms with Gasteiger partial charge in [-0.05, 0) is 18.6 Å². The number of para-hydroxylation sites is 2. The van der Waals surface area contributed by atoms with Crippen LogP contribution in [0.3, 0.4) is 0 Å². The van der Waals surface area contributed by atoms with E-state index in [1.807, 2.05) is 0 Å². The Morgan fingerprint density at radius 2 is 2.10 bits per heavy atom. The Morgan fingerprint density at radius 1 is 1.33 bits per heavy atom. The molecule has 2 rings (SSSR count). The number of nitrogens with zero attached hydrogens (tertiary/aromatic N) is 3. The number of carbonyl (C=O) groups is 1. The maximum atomic E-state index is 12.0. The van der Waals surface area contributed by atoms with Gasteiger partial charge in [-0.25, -0.2) is 13.1 Å². The lowest BCUT2D eigenvalue weighted by molar-refractivity contribution is -0.137. The minimum absolute atomic E-state index is 0.0517. The van der Waals surface area contributed by atoms with Gasteiger partial charge in [0.15, 0.2) is 0 Å². The van der Waals surface area contributed by atoms with E-state index in [0.29, 0.717) is 11.4 Å². The summed E-state index contributed by atoms with van der Waals surface area (Å²) < 4.78 is 27.8. The average molecular weight is 310 g/mol. The fraction of sp³-hybridized carbons (Fsp3) is 0.250. The summed E-state index contributed by atoms with van der Waals surface area (Å²) in [6, 6.07) is 6.74. The highest BCUT2D eigenvalue weighted by Gasteiger charge is 2.14. The summed E-state index contributed by atoms with van der Waals surface area (Å²) in [6.45, 7) is 0. The summed E-state index contributed by atoms with van der Waals surface area (Å²) >= 11 is 0. The monoisotopic (exact) mass is 310 g/mol. The van der Waals surface area contributed by atoms with Crippen molar-refractivity contribution >= 4 is 21.7 Å². The molecule has 0 aliphatic heterocycles. The number of hydrogen-bond donors (Lipinski definition) is 2. The molecule has 0 fully saturated rings. The lowest BCUT2D eigenvalue weighted by Gasteiger charge is -2.11. The Bertz CT molecular complexity index is 713. The Morgan fingerprint density at radius 3 is 2.76 bits per heavy atom. The van der Waals surface area contributed by atoms with Crippen LogP contribution >= 0.6 is 0 Å². The summed E-state index contributed by atoms with van der Waals surface area (Å²) in [5.74, 6) is -1.28. The van der Waals surface area contributed by atoms with Gasteiger partial charge in [0.25, 0.3) is 0 Å². The zero-order valence-electron chi connectivity index (χ0n) is 11.0. The van der Waals surface area contributed by atoms with Crippen molar-refractivity contribution in [3.63, 3.8) is 0 Å². The zero-order chi connectivity index (χ0) is 15.3. The Labute approximate surface area is 121 Å². The molecule has 1 aromatic carbocycles. The van der Waals surface area contributed by atoms with Crippen LogP contribution in [0, 0.1) is 0 Å². The summed E-state index contributed by atoms with van der Waals surface area (Å²) in [7, 11) is -3.62. The molecule has 0 spiro atoms. The van der Waals surface area contributed by atoms with Gasteiger partial charge in [0.05, 0.1) is 29.5 Å². The van der Waals surface area contributed by atoms with Crippen LogP contribution in [-0.2, 0) is 14.8 Å². The van der Waals surface area contributed by atoms with Gasteiger partial charge in [0.2, 0.25) is 10.0 Å². The molecule has 0 amide bonds. The standard InChI is InChI=1S/C12H14N4O4S/c17-12(18)6-3-9-21(19,20)14-10-4-1-2-5-11(10)16-8-7-13-15-16/h1-2,4-5,7-8,14H,3,6,9H2,(H,17,18). The van der Waals surface area contributed by atoms with Gasteiger partial charge in [-0.1, -0.05) is 17.3 Å². The van der Waals surface area contributed by atoms with E-state index in [1.54, 1.807) is 30.5 Å². The molecule has 0 aliphatic carbocycles. The van der Waals surface area contributed by atoms with Gasteiger partial charge in [-0.2, -0.15) is 0 Å². The van der Waals surface area contributed by atoms with Crippen LogP contribution in [0.15, 0.2) is 36.7 Å². The molecule has 0 bridgehead atoms. The minimum Gasteiger partial charge on any atom is -0.481 e. The fourth-order valence-electron chi connectivity index (χ4n) is 1.73. The highest BCUT2D eigenvalue weighted by Crippen LogP contribution is 2.20. The van der Waals surface area contributed by atoms with Crippen molar-refractivity contribution in [2.75, 3.05) is 10.5 Å². The van der Waals surface area contributed by atoms with Crippen LogP contribution in [0.5, 0.6) is 0 Å². The van der Waals surface area contributed by atoms with E-state index in [9.17, 15) is 13.2 Å². The number of benzene rings is 1. The smallest absolute Gasteiger partial charge is 0.303 e. The van der Waals surface area contributed by atoms with Gasteiger partial charge in [0, 0.05) is 6.42 Å². The van der Waals surface area contributed by atoms with E-state index in [2.05, 4.69) is 15.0 Å². The lowest BCUT2D eigenvalue weighted by atomic mass is 10.3. The molecule has 2 N–H and O–H groups in total. The molecule has 2 aromatic rings. The maximum absolute atomic E-state index is 12.0. The number of aliphatic carboxylic acids is 1. The van der Waals surface area contributed by atoms with Crippen LogP contribution in [-0.4, -0.2) is 40.2 Å². The van der Waals surface area contributed by atoms with Crippen LogP contribution in [0.25, 0.3) is 5.69 Å². The highest BCUT2D eigenvalue weighted by molar-refractivity contribution is 7.92. The number of aromatic nitrogens is 3. The van der Waals surface area contributed by atoms with Crippen LogP contribution in [0.1, 0.15) is 12.8 Å². The molecule has 1 heterocycles. The zero-order valence-corrected chi connectivity index (χ0v) is 11.8. The van der Waals surface area contributed by atoms with Crippen molar-refractivity contribution in [2.24, 2.45) is 0 Å². The van der Waals surface area contributed by atoms with Gasteiger partial charge in [0.1, 0.15) is 0 Å². The van der Waals surface area contributed by atoms with Crippen molar-refractivity contribution in [3.8, 4) is 5.69 Å². The van der Waals surface area contributed by atoms with Crippen LogP contribution < -0.4 is 4.72 Å². The second-order valence-electron chi connectivity index (χ2n) is 4.28. The quantitative estimate of drug-likeness (QED) is 0.784. The first kappa shape index (κ1) is 15.0. The van der Waals surface area contributed by atoms with E-state index >= 15 is 0 Å². The molecule has 9 heteroatoms. The summed E-state index contributed by atoms with van der Waals surface area (Å²) in [6.07, 6.45) is 2.94. The van der Waals surface area contributed by atoms with Gasteiger partial charge >= 0.3 is 5.97 Å². The highest BCUT2D eigenvalue weighted by atomic mass is 32.2. The topological polar surface area (TPSA) is 114 Å². The first-order valence-electron chi connectivity index (χ1n) is 6.16. The molecule has 21 heavy (non-hydrogen) atoms. The lowest BCUT2D eigenvalue weighted by Crippen LogP contribution is -2.18. The first-order valence-corrected chi connectivity index (χ1v) is 7.81. The minimum atomic E-state index is -3.62. The van der Waals surface area contributed by atoms with E-state index in [-0.39, 0.29) is 18.6 Å². The van der Waals surface area contributed by atoms with Crippen molar-refractivity contribution in [1.82, 2.24) is 15.0 Å². The Balaban J connectivity index is 2.14. The molecule has 0 aliphatic rings. The van der Waals surface area contributed by atoms with Crippen LogP contribution in [0.2, 0.25) is 0 Å². The number of sulfonamides is 1. The number of carboxylic acid groups (broad SMARTS) is 1. The molecule has 8 nitrogen and oxygen atoms in total. The molecule has 0 saturated heterocycles. The number of hydrogen-bond acceptors (Lipinski definition) is 5. The third-order valence-corrected chi connectivity index (χ3v) is 4.00. The van der Waals surface area contributed by atoms with E-state index in [4.69, 9.17) is 5.11 Å². The maximum Gasteiger partial charge on any atom is 0.303 e. The second kappa shape index (κ2) is 6.35. The Kier molecular flexibility index (Phi) is 4.53. The molecule has 0 radical (unpaired) electrons. The summed E-state index contributed by atoms with van der Waals surface area (Å²) in [5.41, 5.74) is 0.898. The summed E-state index contributed by atoms with van der Waals surface area (Å²) in [5, 5.41) is 16.0. The molecular formula is C12H14N4O4S. The molecule has 1 aromatic heterocycles. The Hall–Kier alpha value is -2.42. The third-order valence-electron chi connectivity index (χ3n) is 2.64. The average Bonchev–Trinajstić information content (AvgIpc) is 2.91. The van der Waals surface area contributed by atoms with Crippen molar-refractivity contribution < 1.29 is 18.3 Å². The van der Waals surface area contributed by atoms with Crippen molar-refractivity contribution in [3.05, 3.63) is 36.7 Å². The van der Waals surface area contributed by atoms with Gasteiger partial charge < -0.3 is 5.11 Å². The molecular weight excluding hydrogens is 296 g/mol. The SMILES string of the molecule is O=C(O)CCCS(=O)(=O)Nc1ccccc1-n1ccnn1. The number of anilines is 1. The van der Waals surface area contributed by atoms with E-state index in [1.165, 1.54) is 10.9 Å². The predicted octanol–water partition coefficient (Wildman–Crippen LogP) is 0.874. The molecule has 0 saturated carbocycles. The van der Waals surface area contributed by atoms with Crippen LogP contribution in [0.4, 0.5) is 5.69 Å². The van der Waals surface area contributed by atoms with Crippen molar-refractivity contribution in [2.45, 2.75) is 12.8 Å². The van der Waals surface area contributed by atoms with E-state index in [0.717, 1.165) is 0 Å². The van der Waals surface area contributed by atoms with Gasteiger partial charge in [-0.15, -0.1) is 5.10 Å². The third kappa shape index (κ3) is 4.28. The molecule has 0 unspecified atom stereocenters. The summed E-state index contributed by atoms with van der Waals surface area (Å²) in [4.78, 5) is 10.4. The fourth-order valence-corrected chi connectivity index (χ4v) is 2.86. The molecule has 112 valence electrons.